The van der Waals surface area contributed by atoms with Crippen LogP contribution in [0.4, 0.5) is 11.5 Å². The molecule has 0 saturated carbocycles. The quantitative estimate of drug-likeness (QED) is 0.807. The lowest BCUT2D eigenvalue weighted by Crippen LogP contribution is -2.30. The second-order valence-electron chi connectivity index (χ2n) is 4.95. The Labute approximate surface area is 113 Å². The maximum absolute atomic E-state index is 5.83. The number of nitrogens with one attached hydrogen (secondary N) is 1. The van der Waals surface area contributed by atoms with Crippen molar-refractivity contribution in [1.82, 2.24) is 9.97 Å². The molecule has 0 radical (unpaired) electrons. The Bertz CT molecular complexity index is 556. The minimum Gasteiger partial charge on any atom is -0.399 e. The molecule has 0 amide bonds. The van der Waals surface area contributed by atoms with Crippen LogP contribution in [0.25, 0.3) is 10.9 Å². The van der Waals surface area contributed by atoms with Crippen LogP contribution in [0.15, 0.2) is 24.5 Å². The molecule has 1 heterocycles. The van der Waals surface area contributed by atoms with Gasteiger partial charge in [-0.2, -0.15) is 0 Å². The highest BCUT2D eigenvalue weighted by Gasteiger charge is 2.15. The highest BCUT2D eigenvalue weighted by atomic mass is 16.5. The van der Waals surface area contributed by atoms with Gasteiger partial charge in [-0.1, -0.05) is 13.8 Å². The largest absolute Gasteiger partial charge is 0.399 e. The van der Waals surface area contributed by atoms with Gasteiger partial charge in [-0.25, -0.2) is 9.97 Å². The van der Waals surface area contributed by atoms with Crippen LogP contribution >= 0.6 is 0 Å². The summed E-state index contributed by atoms with van der Waals surface area (Å²) in [6.45, 7) is 4.92. The summed E-state index contributed by atoms with van der Waals surface area (Å²) in [6, 6.07) is 5.83. The van der Waals surface area contributed by atoms with Gasteiger partial charge < -0.3 is 15.8 Å². The molecule has 0 fully saturated rings. The molecular formula is C14H20N4O. The first-order valence-corrected chi connectivity index (χ1v) is 6.37. The average Bonchev–Trinajstić information content (AvgIpc) is 2.38. The molecule has 102 valence electrons. The van der Waals surface area contributed by atoms with Crippen LogP contribution in [0.3, 0.4) is 0 Å². The highest BCUT2D eigenvalue weighted by molar-refractivity contribution is 5.91. The summed E-state index contributed by atoms with van der Waals surface area (Å²) in [5, 5.41) is 4.35. The van der Waals surface area contributed by atoms with E-state index in [1.165, 1.54) is 0 Å². The monoisotopic (exact) mass is 260 g/mol. The molecule has 1 aromatic carbocycles. The van der Waals surface area contributed by atoms with Crippen molar-refractivity contribution in [3.8, 4) is 0 Å². The standard InChI is InChI=1S/C14H20N4O/c1-9(2)13(7-19-3)18-14-11-6-10(15)4-5-12(11)16-8-17-14/h4-6,8-9,13H,7,15H2,1-3H3,(H,16,17,18). The van der Waals surface area contributed by atoms with Crippen molar-refractivity contribution in [3.63, 3.8) is 0 Å². The fourth-order valence-corrected chi connectivity index (χ4v) is 1.95. The Hall–Kier alpha value is -1.88. The van der Waals surface area contributed by atoms with Gasteiger partial charge in [-0.05, 0) is 24.1 Å². The lowest BCUT2D eigenvalue weighted by atomic mass is 10.1. The molecule has 5 heteroatoms. The van der Waals surface area contributed by atoms with Crippen LogP contribution in [0.1, 0.15) is 13.8 Å². The topological polar surface area (TPSA) is 73.1 Å². The number of nitrogen functional groups attached to an aromatic ring is 1. The Balaban J connectivity index is 2.36. The summed E-state index contributed by atoms with van der Waals surface area (Å²) in [6.07, 6.45) is 1.56. The molecular weight excluding hydrogens is 240 g/mol. The van der Waals surface area contributed by atoms with Gasteiger partial charge >= 0.3 is 0 Å². The van der Waals surface area contributed by atoms with Gasteiger partial charge in [0.1, 0.15) is 12.1 Å². The molecule has 1 aromatic heterocycles. The number of nitrogens with two attached hydrogens (primary N) is 1. The molecule has 5 nitrogen and oxygen atoms in total. The Morgan fingerprint density at radius 3 is 2.79 bits per heavy atom. The molecule has 0 aliphatic rings. The minimum absolute atomic E-state index is 0.199. The van der Waals surface area contributed by atoms with Crippen molar-refractivity contribution in [3.05, 3.63) is 24.5 Å². The summed E-state index contributed by atoms with van der Waals surface area (Å²) < 4.78 is 5.24. The zero-order valence-corrected chi connectivity index (χ0v) is 11.6. The van der Waals surface area contributed by atoms with Gasteiger partial charge in [0.15, 0.2) is 0 Å². The fourth-order valence-electron chi connectivity index (χ4n) is 1.95. The minimum atomic E-state index is 0.199. The molecule has 19 heavy (non-hydrogen) atoms. The van der Waals surface area contributed by atoms with Crippen LogP contribution in [-0.2, 0) is 4.74 Å². The number of hydrogen-bond donors (Lipinski definition) is 2. The number of anilines is 2. The van der Waals surface area contributed by atoms with Gasteiger partial charge in [0.2, 0.25) is 0 Å². The first-order valence-electron chi connectivity index (χ1n) is 6.37. The van der Waals surface area contributed by atoms with Crippen molar-refractivity contribution < 1.29 is 4.74 Å². The predicted molar refractivity (Wildman–Crippen MR) is 78.1 cm³/mol. The maximum Gasteiger partial charge on any atom is 0.137 e. The fraction of sp³-hybridized carbons (Fsp3) is 0.429. The van der Waals surface area contributed by atoms with Crippen molar-refractivity contribution in [1.29, 1.82) is 0 Å². The molecule has 2 aromatic rings. The highest BCUT2D eigenvalue weighted by Crippen LogP contribution is 2.23. The smallest absolute Gasteiger partial charge is 0.137 e. The van der Waals surface area contributed by atoms with E-state index in [1.807, 2.05) is 18.2 Å². The van der Waals surface area contributed by atoms with E-state index < -0.39 is 0 Å². The second kappa shape index (κ2) is 5.84. The molecule has 2 rings (SSSR count). The number of fused-ring (bicyclic) bond motifs is 1. The van der Waals surface area contributed by atoms with E-state index in [9.17, 15) is 0 Å². The predicted octanol–water partition coefficient (Wildman–Crippen LogP) is 2.29. The number of rotatable bonds is 5. The number of nitrogens with zero attached hydrogens (tertiary/aromatic N) is 2. The van der Waals surface area contributed by atoms with Crippen LogP contribution in [0, 0.1) is 5.92 Å². The van der Waals surface area contributed by atoms with Crippen LogP contribution < -0.4 is 11.1 Å². The third-order valence-electron chi connectivity index (χ3n) is 3.13. The summed E-state index contributed by atoms with van der Waals surface area (Å²) >= 11 is 0. The third kappa shape index (κ3) is 3.12. The van der Waals surface area contributed by atoms with E-state index in [0.717, 1.165) is 16.7 Å². The van der Waals surface area contributed by atoms with E-state index in [2.05, 4.69) is 29.1 Å². The Morgan fingerprint density at radius 2 is 2.11 bits per heavy atom. The van der Waals surface area contributed by atoms with Gasteiger partial charge in [0.25, 0.3) is 0 Å². The summed E-state index contributed by atoms with van der Waals surface area (Å²) in [5.41, 5.74) is 7.42. The lowest BCUT2D eigenvalue weighted by molar-refractivity contribution is 0.171. The molecule has 1 atom stereocenters. The molecule has 0 bridgehead atoms. The zero-order valence-electron chi connectivity index (χ0n) is 11.6. The number of aromatic nitrogens is 2. The van der Waals surface area contributed by atoms with E-state index in [1.54, 1.807) is 13.4 Å². The Kier molecular flexibility index (Phi) is 4.16. The maximum atomic E-state index is 5.83. The van der Waals surface area contributed by atoms with Crippen LogP contribution in [0.5, 0.6) is 0 Å². The van der Waals surface area contributed by atoms with Crippen molar-refractivity contribution in [2.45, 2.75) is 19.9 Å². The number of hydrogen-bond acceptors (Lipinski definition) is 5. The third-order valence-corrected chi connectivity index (χ3v) is 3.13. The first kappa shape index (κ1) is 13.5. The Morgan fingerprint density at radius 1 is 1.32 bits per heavy atom. The molecule has 3 N–H and O–H groups in total. The number of benzene rings is 1. The van der Waals surface area contributed by atoms with Gasteiger partial charge in [-0.15, -0.1) is 0 Å². The van der Waals surface area contributed by atoms with E-state index in [0.29, 0.717) is 18.2 Å². The van der Waals surface area contributed by atoms with Gasteiger partial charge in [-0.3, -0.25) is 0 Å². The van der Waals surface area contributed by atoms with Crippen LogP contribution in [-0.4, -0.2) is 29.7 Å². The molecule has 0 aliphatic carbocycles. The SMILES string of the molecule is COCC(Nc1ncnc2ccc(N)cc12)C(C)C. The first-order chi connectivity index (χ1) is 9.11. The zero-order chi connectivity index (χ0) is 13.8. The van der Waals surface area contributed by atoms with Crippen molar-refractivity contribution in [2.24, 2.45) is 5.92 Å². The second-order valence-corrected chi connectivity index (χ2v) is 4.95. The molecule has 0 spiro atoms. The van der Waals surface area contributed by atoms with E-state index in [-0.39, 0.29) is 6.04 Å². The van der Waals surface area contributed by atoms with E-state index in [4.69, 9.17) is 10.5 Å². The summed E-state index contributed by atoms with van der Waals surface area (Å²) in [4.78, 5) is 8.56. The number of methoxy groups -OCH3 is 1. The van der Waals surface area contributed by atoms with Gasteiger partial charge in [0, 0.05) is 18.2 Å². The average molecular weight is 260 g/mol. The van der Waals surface area contributed by atoms with E-state index >= 15 is 0 Å². The molecule has 0 saturated heterocycles. The van der Waals surface area contributed by atoms with Crippen LogP contribution in [0.2, 0.25) is 0 Å². The summed E-state index contributed by atoms with van der Waals surface area (Å²) in [5.74, 6) is 1.24. The lowest BCUT2D eigenvalue weighted by Gasteiger charge is -2.22. The summed E-state index contributed by atoms with van der Waals surface area (Å²) in [7, 11) is 1.70. The number of ether oxygens (including phenoxy) is 1. The normalized spacial score (nSPS) is 12.8. The molecule has 1 unspecified atom stereocenters. The van der Waals surface area contributed by atoms with Crippen molar-refractivity contribution >= 4 is 22.4 Å². The molecule has 0 aliphatic heterocycles. The van der Waals surface area contributed by atoms with Crippen molar-refractivity contribution in [2.75, 3.05) is 24.8 Å². The van der Waals surface area contributed by atoms with Gasteiger partial charge in [0.05, 0.1) is 18.2 Å².